The average molecular weight is 157 g/mol. The smallest absolute Gasteiger partial charge is 0.0662 e. The molecule has 0 aliphatic carbocycles. The standard InChI is InChI=1S/C9H19NO/c1-7(2)5-6-10-8(3)9(4)11/h5,8-11H,6H2,1-4H3. The van der Waals surface area contributed by atoms with Gasteiger partial charge < -0.3 is 10.4 Å². The molecule has 0 radical (unpaired) electrons. The van der Waals surface area contributed by atoms with Crippen LogP contribution in [0.25, 0.3) is 0 Å². The van der Waals surface area contributed by atoms with Crippen molar-refractivity contribution in [2.24, 2.45) is 0 Å². The van der Waals surface area contributed by atoms with Crippen molar-refractivity contribution in [3.05, 3.63) is 11.6 Å². The predicted octanol–water partition coefficient (Wildman–Crippen LogP) is 1.31. The molecule has 11 heavy (non-hydrogen) atoms. The van der Waals surface area contributed by atoms with E-state index in [9.17, 15) is 0 Å². The molecule has 66 valence electrons. The van der Waals surface area contributed by atoms with Crippen molar-refractivity contribution in [2.45, 2.75) is 39.8 Å². The lowest BCUT2D eigenvalue weighted by Gasteiger charge is -2.14. The van der Waals surface area contributed by atoms with Crippen LogP contribution in [0.3, 0.4) is 0 Å². The highest BCUT2D eigenvalue weighted by atomic mass is 16.3. The highest BCUT2D eigenvalue weighted by molar-refractivity contribution is 4.94. The minimum atomic E-state index is -0.277. The summed E-state index contributed by atoms with van der Waals surface area (Å²) in [6, 6.07) is 0.172. The van der Waals surface area contributed by atoms with Crippen LogP contribution in [0.2, 0.25) is 0 Å². The number of allylic oxidation sites excluding steroid dienone is 1. The lowest BCUT2D eigenvalue weighted by atomic mass is 10.2. The van der Waals surface area contributed by atoms with Crippen LogP contribution in [0.15, 0.2) is 11.6 Å². The summed E-state index contributed by atoms with van der Waals surface area (Å²) in [4.78, 5) is 0. The van der Waals surface area contributed by atoms with Gasteiger partial charge in [-0.05, 0) is 27.7 Å². The Kier molecular flexibility index (Phi) is 5.16. The molecule has 2 N–H and O–H groups in total. The number of hydrogen-bond acceptors (Lipinski definition) is 2. The third-order valence-electron chi connectivity index (χ3n) is 1.67. The second kappa shape index (κ2) is 5.33. The fraction of sp³-hybridized carbons (Fsp3) is 0.778. The summed E-state index contributed by atoms with van der Waals surface area (Å²) in [6.45, 7) is 8.74. The molecule has 2 atom stereocenters. The molecule has 0 saturated heterocycles. The summed E-state index contributed by atoms with van der Waals surface area (Å²) >= 11 is 0. The van der Waals surface area contributed by atoms with Crippen LogP contribution in [-0.4, -0.2) is 23.8 Å². The van der Waals surface area contributed by atoms with E-state index in [0.717, 1.165) is 6.54 Å². The molecule has 0 aromatic heterocycles. The predicted molar refractivity (Wildman–Crippen MR) is 48.6 cm³/mol. The normalized spacial score (nSPS) is 15.7. The first-order valence-electron chi connectivity index (χ1n) is 4.09. The van der Waals surface area contributed by atoms with Crippen LogP contribution >= 0.6 is 0 Å². The van der Waals surface area contributed by atoms with Gasteiger partial charge in [0, 0.05) is 12.6 Å². The Bertz CT molecular complexity index is 126. The molecule has 0 aliphatic rings. The molecule has 0 aromatic carbocycles. The van der Waals surface area contributed by atoms with Crippen molar-refractivity contribution in [1.82, 2.24) is 5.32 Å². The van der Waals surface area contributed by atoms with E-state index in [1.165, 1.54) is 5.57 Å². The topological polar surface area (TPSA) is 32.3 Å². The molecule has 2 heteroatoms. The average Bonchev–Trinajstić information content (AvgIpc) is 1.86. The SMILES string of the molecule is CC(C)=CCNC(C)C(C)O. The van der Waals surface area contributed by atoms with Crippen LogP contribution in [0, 0.1) is 0 Å². The van der Waals surface area contributed by atoms with Gasteiger partial charge in [0.2, 0.25) is 0 Å². The van der Waals surface area contributed by atoms with E-state index in [1.807, 2.05) is 6.92 Å². The summed E-state index contributed by atoms with van der Waals surface area (Å²) in [5.74, 6) is 0. The number of aliphatic hydroxyl groups excluding tert-OH is 1. The van der Waals surface area contributed by atoms with Gasteiger partial charge in [-0.25, -0.2) is 0 Å². The van der Waals surface area contributed by atoms with Crippen molar-refractivity contribution >= 4 is 0 Å². The third kappa shape index (κ3) is 6.07. The minimum absolute atomic E-state index is 0.172. The van der Waals surface area contributed by atoms with Crippen LogP contribution in [-0.2, 0) is 0 Å². The van der Waals surface area contributed by atoms with Crippen LogP contribution in [0.4, 0.5) is 0 Å². The van der Waals surface area contributed by atoms with Gasteiger partial charge in [-0.15, -0.1) is 0 Å². The van der Waals surface area contributed by atoms with Gasteiger partial charge in [-0.1, -0.05) is 11.6 Å². The van der Waals surface area contributed by atoms with Gasteiger partial charge in [0.1, 0.15) is 0 Å². The second-order valence-corrected chi connectivity index (χ2v) is 3.22. The summed E-state index contributed by atoms with van der Waals surface area (Å²) in [5, 5.41) is 12.3. The number of hydrogen-bond donors (Lipinski definition) is 2. The Hall–Kier alpha value is -0.340. The zero-order valence-corrected chi connectivity index (χ0v) is 7.89. The molecule has 0 bridgehead atoms. The molecule has 0 rings (SSSR count). The van der Waals surface area contributed by atoms with Gasteiger partial charge >= 0.3 is 0 Å². The van der Waals surface area contributed by atoms with Crippen molar-refractivity contribution in [3.8, 4) is 0 Å². The highest BCUT2D eigenvalue weighted by Crippen LogP contribution is 1.91. The molecular formula is C9H19NO. The molecular weight excluding hydrogens is 138 g/mol. The summed E-state index contributed by atoms with van der Waals surface area (Å²) < 4.78 is 0. The molecule has 0 fully saturated rings. The number of aliphatic hydroxyl groups is 1. The summed E-state index contributed by atoms with van der Waals surface area (Å²) in [5.41, 5.74) is 1.30. The zero-order chi connectivity index (χ0) is 8.85. The van der Waals surface area contributed by atoms with Crippen molar-refractivity contribution in [3.63, 3.8) is 0 Å². The van der Waals surface area contributed by atoms with Gasteiger partial charge in [0.25, 0.3) is 0 Å². The maximum Gasteiger partial charge on any atom is 0.0662 e. The first kappa shape index (κ1) is 10.7. The van der Waals surface area contributed by atoms with Crippen LogP contribution in [0.5, 0.6) is 0 Å². The maximum atomic E-state index is 9.10. The minimum Gasteiger partial charge on any atom is -0.392 e. The van der Waals surface area contributed by atoms with E-state index >= 15 is 0 Å². The highest BCUT2D eigenvalue weighted by Gasteiger charge is 2.04. The van der Waals surface area contributed by atoms with E-state index in [2.05, 4.69) is 25.2 Å². The fourth-order valence-corrected chi connectivity index (χ4v) is 0.619. The molecule has 2 nitrogen and oxygen atoms in total. The molecule has 0 spiro atoms. The van der Waals surface area contributed by atoms with Crippen molar-refractivity contribution < 1.29 is 5.11 Å². The van der Waals surface area contributed by atoms with E-state index in [1.54, 1.807) is 6.92 Å². The Labute approximate surface area is 69.3 Å². The lowest BCUT2D eigenvalue weighted by Crippen LogP contribution is -2.35. The number of nitrogens with one attached hydrogen (secondary N) is 1. The Morgan fingerprint density at radius 3 is 2.36 bits per heavy atom. The molecule has 0 heterocycles. The van der Waals surface area contributed by atoms with Gasteiger partial charge in [0.15, 0.2) is 0 Å². The number of rotatable bonds is 4. The fourth-order valence-electron chi connectivity index (χ4n) is 0.619. The molecule has 0 aromatic rings. The van der Waals surface area contributed by atoms with E-state index in [4.69, 9.17) is 5.11 Å². The van der Waals surface area contributed by atoms with Crippen molar-refractivity contribution in [2.75, 3.05) is 6.54 Å². The third-order valence-corrected chi connectivity index (χ3v) is 1.67. The lowest BCUT2D eigenvalue weighted by molar-refractivity contribution is 0.155. The molecule has 0 aliphatic heterocycles. The van der Waals surface area contributed by atoms with E-state index < -0.39 is 0 Å². The van der Waals surface area contributed by atoms with Crippen LogP contribution in [0.1, 0.15) is 27.7 Å². The quantitative estimate of drug-likeness (QED) is 0.603. The largest absolute Gasteiger partial charge is 0.392 e. The molecule has 0 saturated carbocycles. The van der Waals surface area contributed by atoms with Gasteiger partial charge in [-0.2, -0.15) is 0 Å². The molecule has 2 unspecified atom stereocenters. The van der Waals surface area contributed by atoms with E-state index in [-0.39, 0.29) is 12.1 Å². The summed E-state index contributed by atoms with van der Waals surface area (Å²) in [7, 11) is 0. The Morgan fingerprint density at radius 1 is 1.45 bits per heavy atom. The maximum absolute atomic E-state index is 9.10. The Balaban J connectivity index is 3.47. The van der Waals surface area contributed by atoms with E-state index in [0.29, 0.717) is 0 Å². The van der Waals surface area contributed by atoms with Crippen LogP contribution < -0.4 is 5.32 Å². The first-order chi connectivity index (χ1) is 5.04. The zero-order valence-electron chi connectivity index (χ0n) is 7.89. The Morgan fingerprint density at radius 2 is 2.00 bits per heavy atom. The van der Waals surface area contributed by atoms with Crippen molar-refractivity contribution in [1.29, 1.82) is 0 Å². The van der Waals surface area contributed by atoms with Gasteiger partial charge in [-0.3, -0.25) is 0 Å². The van der Waals surface area contributed by atoms with Gasteiger partial charge in [0.05, 0.1) is 6.10 Å². The summed E-state index contributed by atoms with van der Waals surface area (Å²) in [6.07, 6.45) is 1.83. The second-order valence-electron chi connectivity index (χ2n) is 3.22. The first-order valence-corrected chi connectivity index (χ1v) is 4.09. The molecule has 0 amide bonds. The monoisotopic (exact) mass is 157 g/mol.